The van der Waals surface area contributed by atoms with E-state index in [4.69, 9.17) is 14.2 Å². The molecule has 13 nitrogen and oxygen atoms in total. The number of aromatic hydroxyl groups is 1. The van der Waals surface area contributed by atoms with E-state index >= 15 is 0 Å². The summed E-state index contributed by atoms with van der Waals surface area (Å²) in [7, 11) is 0. The fourth-order valence-corrected chi connectivity index (χ4v) is 9.19. The van der Waals surface area contributed by atoms with Crippen LogP contribution in [0.2, 0.25) is 0 Å². The standard InChI is InChI=1S/C42H58N6O7S2/c1-4-47(21-17-43-16-11-32-9-10-35(49)37-38(32)57-41(52)45-37)36(50)13-25-53-24-12-31-7-5-8-33(27-31)54-23-6-18-46-19-14-42(15-20-46)29-48(22-26-55-42)40(51)34-28-56-39(44-34)30(2)3/h5,7-10,27-28,30,43,49H,4,6,11-26,29H2,1-3H3,(H,45,52). The zero-order valence-corrected chi connectivity index (χ0v) is 35.2. The number of likely N-dealkylation sites (tertiary alicyclic amines) is 1. The quantitative estimate of drug-likeness (QED) is 0.101. The van der Waals surface area contributed by atoms with Gasteiger partial charge in [0.15, 0.2) is 0 Å². The van der Waals surface area contributed by atoms with Crippen molar-refractivity contribution in [2.24, 2.45) is 0 Å². The first-order chi connectivity index (χ1) is 27.6. The van der Waals surface area contributed by atoms with Gasteiger partial charge in [0.1, 0.15) is 22.7 Å². The molecule has 2 aromatic heterocycles. The number of nitrogens with zero attached hydrogens (tertiary/aromatic N) is 4. The number of nitrogens with one attached hydrogen (secondary N) is 2. The number of phenols is 1. The number of aromatic amines is 1. The van der Waals surface area contributed by atoms with Gasteiger partial charge in [-0.05, 0) is 74.9 Å². The van der Waals surface area contributed by atoms with E-state index in [9.17, 15) is 19.5 Å². The van der Waals surface area contributed by atoms with Crippen LogP contribution in [-0.4, -0.2) is 133 Å². The summed E-state index contributed by atoms with van der Waals surface area (Å²) >= 11 is 2.67. The lowest BCUT2D eigenvalue weighted by Gasteiger charge is -2.47. The second-order valence-electron chi connectivity index (χ2n) is 15.2. The number of likely N-dealkylation sites (N-methyl/N-ethyl adjacent to an activating group) is 1. The van der Waals surface area contributed by atoms with Gasteiger partial charge in [-0.3, -0.25) is 14.4 Å². The molecule has 0 bridgehead atoms. The number of phenolic OH excluding ortho intramolecular Hbond substituents is 1. The van der Waals surface area contributed by atoms with Crippen molar-refractivity contribution in [3.63, 3.8) is 0 Å². The van der Waals surface area contributed by atoms with Crippen LogP contribution in [-0.2, 0) is 27.1 Å². The predicted molar refractivity (Wildman–Crippen MR) is 225 cm³/mol. The number of hydrogen-bond acceptors (Lipinski definition) is 12. The van der Waals surface area contributed by atoms with E-state index in [1.54, 1.807) is 17.4 Å². The van der Waals surface area contributed by atoms with Gasteiger partial charge in [-0.15, -0.1) is 11.3 Å². The summed E-state index contributed by atoms with van der Waals surface area (Å²) in [5.74, 6) is 1.35. The number of rotatable bonds is 20. The summed E-state index contributed by atoms with van der Waals surface area (Å²) < 4.78 is 19.1. The van der Waals surface area contributed by atoms with E-state index in [1.165, 1.54) is 0 Å². The minimum absolute atomic E-state index is 0.0198. The molecule has 0 aliphatic carbocycles. The Labute approximate surface area is 343 Å². The number of aromatic nitrogens is 2. The summed E-state index contributed by atoms with van der Waals surface area (Å²) in [6, 6.07) is 11.6. The summed E-state index contributed by atoms with van der Waals surface area (Å²) in [4.78, 5) is 51.2. The van der Waals surface area contributed by atoms with Crippen molar-refractivity contribution in [3.05, 3.63) is 73.3 Å². The number of thiazole rings is 2. The maximum atomic E-state index is 13.2. The maximum absolute atomic E-state index is 13.2. The maximum Gasteiger partial charge on any atom is 0.305 e. The van der Waals surface area contributed by atoms with E-state index in [0.717, 1.165) is 83.2 Å². The van der Waals surface area contributed by atoms with Crippen molar-refractivity contribution >= 4 is 44.7 Å². The molecule has 0 saturated carbocycles. The van der Waals surface area contributed by atoms with Gasteiger partial charge in [0.05, 0.1) is 54.7 Å². The highest BCUT2D eigenvalue weighted by Gasteiger charge is 2.41. The minimum Gasteiger partial charge on any atom is -0.506 e. The number of piperidine rings is 1. The molecule has 0 radical (unpaired) electrons. The van der Waals surface area contributed by atoms with Gasteiger partial charge in [0.25, 0.3) is 5.91 Å². The van der Waals surface area contributed by atoms with Crippen LogP contribution in [0.5, 0.6) is 11.5 Å². The summed E-state index contributed by atoms with van der Waals surface area (Å²) in [6.07, 6.45) is 4.54. The van der Waals surface area contributed by atoms with Crippen LogP contribution in [0.1, 0.15) is 79.0 Å². The number of fused-ring (bicyclic) bond motifs is 1. The van der Waals surface area contributed by atoms with Crippen molar-refractivity contribution in [3.8, 4) is 11.5 Å². The Bertz CT molecular complexity index is 1970. The number of morpholine rings is 1. The minimum atomic E-state index is -0.271. The third-order valence-corrected chi connectivity index (χ3v) is 12.9. The fraction of sp³-hybridized carbons (Fsp3) is 0.571. The van der Waals surface area contributed by atoms with Gasteiger partial charge < -0.3 is 44.3 Å². The molecule has 2 saturated heterocycles. The smallest absolute Gasteiger partial charge is 0.305 e. The van der Waals surface area contributed by atoms with Gasteiger partial charge >= 0.3 is 4.87 Å². The number of ether oxygens (including phenoxy) is 3. The van der Waals surface area contributed by atoms with E-state index < -0.39 is 0 Å². The van der Waals surface area contributed by atoms with Crippen LogP contribution < -0.4 is 14.9 Å². The van der Waals surface area contributed by atoms with Gasteiger partial charge in [0.2, 0.25) is 5.91 Å². The Kier molecular flexibility index (Phi) is 15.5. The molecule has 4 aromatic rings. The van der Waals surface area contributed by atoms with Crippen LogP contribution >= 0.6 is 22.7 Å². The van der Waals surface area contributed by atoms with Gasteiger partial charge in [-0.25, -0.2) is 4.98 Å². The topological polar surface area (TPSA) is 150 Å². The lowest BCUT2D eigenvalue weighted by Crippen LogP contribution is -2.58. The van der Waals surface area contributed by atoms with Crippen molar-refractivity contribution in [1.29, 1.82) is 0 Å². The van der Waals surface area contributed by atoms with E-state index in [0.29, 0.717) is 95.7 Å². The summed E-state index contributed by atoms with van der Waals surface area (Å²) in [5, 5.41) is 16.3. The van der Waals surface area contributed by atoms with Crippen molar-refractivity contribution in [1.82, 2.24) is 30.0 Å². The Morgan fingerprint density at radius 1 is 1.11 bits per heavy atom. The van der Waals surface area contributed by atoms with Crippen molar-refractivity contribution in [2.75, 3.05) is 85.3 Å². The molecule has 0 unspecified atom stereocenters. The SMILES string of the molecule is CCN(CCNCCc1ccc(O)c2[nH]c(=O)sc12)C(=O)CCOCCc1cccc(OCCCN2CCC3(CC2)CN(C(=O)c2csc(C(C)C)n2)CCO3)c1. The lowest BCUT2D eigenvalue weighted by atomic mass is 9.89. The molecule has 3 N–H and O–H groups in total. The number of H-pyrrole nitrogens is 1. The third-order valence-electron chi connectivity index (χ3n) is 10.8. The molecule has 4 heterocycles. The highest BCUT2D eigenvalue weighted by Crippen LogP contribution is 2.32. The normalized spacial score (nSPS) is 15.8. The van der Waals surface area contributed by atoms with E-state index in [-0.39, 0.29) is 28.0 Å². The molecule has 1 spiro atoms. The molecule has 15 heteroatoms. The molecule has 310 valence electrons. The molecule has 2 amide bonds. The molecular weight excluding hydrogens is 765 g/mol. The molecule has 2 aliphatic rings. The van der Waals surface area contributed by atoms with E-state index in [1.807, 2.05) is 40.3 Å². The number of benzene rings is 2. The van der Waals surface area contributed by atoms with Crippen LogP contribution in [0.4, 0.5) is 0 Å². The summed E-state index contributed by atoms with van der Waals surface area (Å²) in [6.45, 7) is 15.0. The molecule has 0 atom stereocenters. The number of carbonyl (C=O) groups is 2. The Hall–Kier alpha value is -3.86. The van der Waals surface area contributed by atoms with Gasteiger partial charge in [-0.1, -0.05) is 43.4 Å². The lowest BCUT2D eigenvalue weighted by molar-refractivity contribution is -0.132. The molecular formula is C42H58N6O7S2. The average Bonchev–Trinajstić information content (AvgIpc) is 3.87. The van der Waals surface area contributed by atoms with E-state index in [2.05, 4.69) is 46.2 Å². The first kappa shape index (κ1) is 42.7. The second-order valence-corrected chi connectivity index (χ2v) is 17.1. The molecule has 2 aromatic carbocycles. The third kappa shape index (κ3) is 11.9. The molecule has 6 rings (SSSR count). The zero-order chi connectivity index (χ0) is 40.2. The number of amides is 2. The van der Waals surface area contributed by atoms with Crippen LogP contribution in [0.25, 0.3) is 10.2 Å². The monoisotopic (exact) mass is 822 g/mol. The predicted octanol–water partition coefficient (Wildman–Crippen LogP) is 5.28. The molecule has 2 aliphatic heterocycles. The molecule has 2 fully saturated rings. The molecule has 57 heavy (non-hydrogen) atoms. The highest BCUT2D eigenvalue weighted by atomic mass is 32.1. The highest BCUT2D eigenvalue weighted by molar-refractivity contribution is 7.16. The van der Waals surface area contributed by atoms with Gasteiger partial charge in [-0.2, -0.15) is 0 Å². The van der Waals surface area contributed by atoms with Crippen molar-refractivity contribution in [2.45, 2.75) is 70.8 Å². The first-order valence-corrected chi connectivity index (χ1v) is 22.1. The zero-order valence-electron chi connectivity index (χ0n) is 33.6. The largest absolute Gasteiger partial charge is 0.506 e. The average molecular weight is 823 g/mol. The van der Waals surface area contributed by atoms with Crippen LogP contribution in [0.3, 0.4) is 0 Å². The Morgan fingerprint density at radius 3 is 2.74 bits per heavy atom. The second kappa shape index (κ2) is 20.7. The summed E-state index contributed by atoms with van der Waals surface area (Å²) in [5.41, 5.74) is 2.92. The van der Waals surface area contributed by atoms with Crippen molar-refractivity contribution < 1.29 is 28.9 Å². The fourth-order valence-electron chi connectivity index (χ4n) is 7.49. The first-order valence-electron chi connectivity index (χ1n) is 20.4. The number of carbonyl (C=O) groups excluding carboxylic acids is 2. The Morgan fingerprint density at radius 2 is 1.95 bits per heavy atom. The van der Waals surface area contributed by atoms with Crippen LogP contribution in [0, 0.1) is 0 Å². The van der Waals surface area contributed by atoms with Gasteiger partial charge in [0, 0.05) is 57.1 Å². The Balaban J connectivity index is 0.810. The number of hydrogen-bond donors (Lipinski definition) is 3. The van der Waals surface area contributed by atoms with Crippen LogP contribution in [0.15, 0.2) is 46.6 Å².